The van der Waals surface area contributed by atoms with Crippen molar-refractivity contribution in [1.29, 1.82) is 0 Å². The zero-order valence-electron chi connectivity index (χ0n) is 26.6. The first-order chi connectivity index (χ1) is 22.9. The van der Waals surface area contributed by atoms with Crippen LogP contribution in [0.5, 0.6) is 0 Å². The third-order valence-electron chi connectivity index (χ3n) is 9.87. The van der Waals surface area contributed by atoms with Crippen LogP contribution in [-0.4, -0.2) is 14.5 Å². The topological polar surface area (TPSA) is 30.7 Å². The molecule has 6 heteroatoms. The molecule has 48 heavy (non-hydrogen) atoms. The summed E-state index contributed by atoms with van der Waals surface area (Å²) in [5.74, 6) is 0.585. The standard InChI is InChI=1S/C42H30FN3S.Pd/c1-42(2)32-19-18-26(40(43)25-11-10-12-27(21-25)41-45-34-14-5-6-16-36(34)46(41)3)22-30(32)39(35-15-8-9-20-44-35)31-24-38-29(23-33(31)42)28-13-4-7-17-37(28)47-38;/h4-20,23-24,39-40H,1-3H3;/q-2;+2. The predicted octanol–water partition coefficient (Wildman–Crippen LogP) is 10.5. The molecule has 0 fully saturated rings. The third kappa shape index (κ3) is 4.70. The molecule has 3 nitrogen and oxygen atoms in total. The second kappa shape index (κ2) is 11.6. The molecule has 3 aromatic heterocycles. The van der Waals surface area contributed by atoms with Crippen LogP contribution >= 0.6 is 11.3 Å². The zero-order chi connectivity index (χ0) is 31.9. The summed E-state index contributed by atoms with van der Waals surface area (Å²) in [7, 11) is 1.99. The van der Waals surface area contributed by atoms with Crippen LogP contribution in [0.4, 0.5) is 4.39 Å². The Hall–Kier alpha value is -4.47. The minimum Gasteiger partial charge on any atom is -0.367 e. The largest absolute Gasteiger partial charge is 2.00 e. The molecule has 0 saturated heterocycles. The average molecular weight is 734 g/mol. The van der Waals surface area contributed by atoms with E-state index in [0.717, 1.165) is 39.2 Å². The molecule has 5 aromatic carbocycles. The number of benzene rings is 5. The van der Waals surface area contributed by atoms with Gasteiger partial charge in [-0.15, -0.1) is 57.9 Å². The van der Waals surface area contributed by atoms with Crippen molar-refractivity contribution in [2.24, 2.45) is 7.05 Å². The fourth-order valence-corrected chi connectivity index (χ4v) is 8.62. The molecule has 0 amide bonds. The summed E-state index contributed by atoms with van der Waals surface area (Å²) in [6, 6.07) is 44.0. The number of halogens is 1. The number of aromatic nitrogens is 3. The van der Waals surface area contributed by atoms with E-state index in [9.17, 15) is 0 Å². The van der Waals surface area contributed by atoms with Crippen LogP contribution in [0.3, 0.4) is 0 Å². The van der Waals surface area contributed by atoms with Gasteiger partial charge in [-0.1, -0.05) is 55.8 Å². The molecule has 0 N–H and O–H groups in total. The SMILES string of the molecule is Cn1c(-c2[c-]c(C(F)c3[c-]c4c(cc3)C(C)(C)c3cc5c(cc3C4c3ccccn3)sc3ccccc35)ccc2)nc2ccccc21.[Pd+2]. The molecule has 236 valence electrons. The molecule has 9 rings (SSSR count). The maximum Gasteiger partial charge on any atom is 2.00 e. The minimum atomic E-state index is -1.41. The monoisotopic (exact) mass is 733 g/mol. The summed E-state index contributed by atoms with van der Waals surface area (Å²) >= 11 is 1.82. The number of thiophene rings is 1. The van der Waals surface area contributed by atoms with Gasteiger partial charge in [-0.25, -0.2) is 4.39 Å². The van der Waals surface area contributed by atoms with Crippen molar-refractivity contribution in [2.45, 2.75) is 31.4 Å². The van der Waals surface area contributed by atoms with E-state index in [4.69, 9.17) is 9.97 Å². The number of imidazole rings is 1. The van der Waals surface area contributed by atoms with Gasteiger partial charge in [-0.2, -0.15) is 18.2 Å². The first kappa shape index (κ1) is 30.8. The summed E-state index contributed by atoms with van der Waals surface area (Å²) in [6.45, 7) is 4.54. The van der Waals surface area contributed by atoms with Gasteiger partial charge in [-0.05, 0) is 59.0 Å². The number of para-hydroxylation sites is 2. The quantitative estimate of drug-likeness (QED) is 0.133. The summed E-state index contributed by atoms with van der Waals surface area (Å²) in [4.78, 5) is 9.67. The van der Waals surface area contributed by atoms with Crippen LogP contribution in [0.2, 0.25) is 0 Å². The maximum atomic E-state index is 16.7. The number of rotatable bonds is 4. The number of pyridine rings is 1. The van der Waals surface area contributed by atoms with Crippen molar-refractivity contribution in [3.05, 3.63) is 167 Å². The van der Waals surface area contributed by atoms with Crippen molar-refractivity contribution < 1.29 is 24.8 Å². The molecule has 2 atom stereocenters. The molecule has 1 aliphatic carbocycles. The molecular formula is C42H30FN3PdS. The number of fused-ring (bicyclic) bond motifs is 6. The van der Waals surface area contributed by atoms with Crippen LogP contribution in [0, 0.1) is 12.1 Å². The number of hydrogen-bond donors (Lipinski definition) is 0. The first-order valence-electron chi connectivity index (χ1n) is 15.9. The molecular weight excluding hydrogens is 704 g/mol. The Labute approximate surface area is 296 Å². The Morgan fingerprint density at radius 1 is 0.792 bits per heavy atom. The fraction of sp³-hybridized carbons (Fsp3) is 0.143. The molecule has 0 saturated carbocycles. The van der Waals surface area contributed by atoms with Gasteiger partial charge >= 0.3 is 20.4 Å². The first-order valence-corrected chi connectivity index (χ1v) is 16.7. The second-order valence-corrected chi connectivity index (χ2v) is 14.0. The number of hydrogen-bond acceptors (Lipinski definition) is 3. The van der Waals surface area contributed by atoms with Gasteiger partial charge in [0.05, 0.1) is 22.6 Å². The van der Waals surface area contributed by atoms with Gasteiger partial charge in [0.25, 0.3) is 0 Å². The van der Waals surface area contributed by atoms with E-state index in [0.29, 0.717) is 11.1 Å². The number of aryl methyl sites for hydroxylation is 1. The molecule has 0 spiro atoms. The Kier molecular flexibility index (Phi) is 7.45. The minimum absolute atomic E-state index is 0. The Morgan fingerprint density at radius 2 is 1.58 bits per heavy atom. The van der Waals surface area contributed by atoms with E-state index >= 15 is 4.39 Å². The van der Waals surface area contributed by atoms with Crippen LogP contribution in [-0.2, 0) is 32.9 Å². The van der Waals surface area contributed by atoms with Gasteiger partial charge in [0.1, 0.15) is 6.17 Å². The van der Waals surface area contributed by atoms with Crippen molar-refractivity contribution in [3.63, 3.8) is 0 Å². The Balaban J connectivity index is 0.00000336. The molecule has 0 bridgehead atoms. The van der Waals surface area contributed by atoms with Crippen LogP contribution < -0.4 is 0 Å². The van der Waals surface area contributed by atoms with E-state index in [1.165, 1.54) is 31.3 Å². The smallest absolute Gasteiger partial charge is 0.367 e. The van der Waals surface area contributed by atoms with Crippen molar-refractivity contribution in [2.75, 3.05) is 0 Å². The maximum absolute atomic E-state index is 16.7. The van der Waals surface area contributed by atoms with E-state index in [2.05, 4.69) is 74.5 Å². The summed E-state index contributed by atoms with van der Waals surface area (Å²) in [6.07, 6.45) is 0.435. The summed E-state index contributed by atoms with van der Waals surface area (Å²) in [5, 5.41) is 2.56. The predicted molar refractivity (Wildman–Crippen MR) is 190 cm³/mol. The number of nitrogens with zero attached hydrogens (tertiary/aromatic N) is 3. The average Bonchev–Trinajstić information content (AvgIpc) is 3.64. The molecule has 0 radical (unpaired) electrons. The molecule has 1 aliphatic rings. The molecule has 3 heterocycles. The summed E-state index contributed by atoms with van der Waals surface area (Å²) < 4.78 is 21.2. The van der Waals surface area contributed by atoms with Gasteiger partial charge in [0.15, 0.2) is 0 Å². The second-order valence-electron chi connectivity index (χ2n) is 13.0. The van der Waals surface area contributed by atoms with Crippen molar-refractivity contribution >= 4 is 42.5 Å². The van der Waals surface area contributed by atoms with Crippen LogP contribution in [0.15, 0.2) is 115 Å². The summed E-state index contributed by atoms with van der Waals surface area (Å²) in [5.41, 5.74) is 8.87. The molecule has 8 aromatic rings. The van der Waals surface area contributed by atoms with Gasteiger partial charge < -0.3 is 4.57 Å². The molecule has 0 aliphatic heterocycles. The number of alkyl halides is 1. The normalized spacial score (nSPS) is 15.6. The Bertz CT molecular complexity index is 2500. The molecule has 2 unspecified atom stereocenters. The van der Waals surface area contributed by atoms with Gasteiger partial charge in [-0.3, -0.25) is 9.97 Å². The fourth-order valence-electron chi connectivity index (χ4n) is 7.49. The third-order valence-corrected chi connectivity index (χ3v) is 11.0. The van der Waals surface area contributed by atoms with Gasteiger partial charge in [0, 0.05) is 39.3 Å². The zero-order valence-corrected chi connectivity index (χ0v) is 28.9. The van der Waals surface area contributed by atoms with E-state index in [1.807, 2.05) is 83.7 Å². The Morgan fingerprint density at radius 3 is 2.42 bits per heavy atom. The van der Waals surface area contributed by atoms with E-state index in [1.54, 1.807) is 6.07 Å². The van der Waals surface area contributed by atoms with Crippen molar-refractivity contribution in [3.8, 4) is 11.4 Å². The van der Waals surface area contributed by atoms with E-state index in [-0.39, 0.29) is 31.8 Å². The van der Waals surface area contributed by atoms with E-state index < -0.39 is 6.17 Å². The van der Waals surface area contributed by atoms with Crippen LogP contribution in [0.1, 0.15) is 65.0 Å². The van der Waals surface area contributed by atoms with Crippen LogP contribution in [0.25, 0.3) is 42.6 Å². The van der Waals surface area contributed by atoms with Crippen molar-refractivity contribution in [1.82, 2.24) is 14.5 Å². The van der Waals surface area contributed by atoms with Gasteiger partial charge in [0.2, 0.25) is 0 Å².